The number of nitrogens with one attached hydrogen (secondary N) is 1. The zero-order valence-corrected chi connectivity index (χ0v) is 15.6. The maximum Gasteiger partial charge on any atom is 0.452 e. The average Bonchev–Trinajstić information content (AvgIpc) is 3.36. The number of pyridine rings is 1. The van der Waals surface area contributed by atoms with Gasteiger partial charge in [0.1, 0.15) is 5.82 Å². The molecule has 0 radical (unpaired) electrons. The van der Waals surface area contributed by atoms with Gasteiger partial charge in [-0.2, -0.15) is 13.2 Å². The van der Waals surface area contributed by atoms with Crippen LogP contribution in [0.4, 0.5) is 24.7 Å². The molecule has 1 aromatic carbocycles. The van der Waals surface area contributed by atoms with Crippen molar-refractivity contribution in [3.63, 3.8) is 0 Å². The van der Waals surface area contributed by atoms with Crippen LogP contribution in [0.25, 0.3) is 11.5 Å². The minimum Gasteiger partial charge on any atom is -0.431 e. The number of amides is 1. The number of carbonyl (C=O) groups is 1. The zero-order valence-electron chi connectivity index (χ0n) is 15.6. The molecular weight excluding hydrogens is 401 g/mol. The van der Waals surface area contributed by atoms with E-state index in [1.54, 1.807) is 24.3 Å². The van der Waals surface area contributed by atoms with Crippen LogP contribution in [0.1, 0.15) is 22.7 Å². The van der Waals surface area contributed by atoms with Gasteiger partial charge in [0.15, 0.2) is 5.69 Å². The Morgan fingerprint density at radius 3 is 2.57 bits per heavy atom. The molecule has 2 N–H and O–H groups in total. The van der Waals surface area contributed by atoms with Gasteiger partial charge in [-0.3, -0.25) is 4.79 Å². The number of aromatic nitrogens is 2. The number of β-amino-alcohol motifs (C(OH)–C–C–N with tert-alkyl or cyclic N) is 1. The summed E-state index contributed by atoms with van der Waals surface area (Å²) >= 11 is 0. The number of aliphatic hydroxyl groups excluding tert-OH is 1. The van der Waals surface area contributed by atoms with Crippen LogP contribution in [0, 0.1) is 0 Å². The third-order valence-corrected chi connectivity index (χ3v) is 4.61. The number of rotatable bonds is 4. The van der Waals surface area contributed by atoms with E-state index >= 15 is 0 Å². The van der Waals surface area contributed by atoms with Crippen molar-refractivity contribution in [1.82, 2.24) is 9.97 Å². The highest BCUT2D eigenvalue weighted by Crippen LogP contribution is 2.35. The fourth-order valence-corrected chi connectivity index (χ4v) is 3.16. The second kappa shape index (κ2) is 7.79. The van der Waals surface area contributed by atoms with Crippen molar-refractivity contribution in [2.24, 2.45) is 0 Å². The van der Waals surface area contributed by atoms with Gasteiger partial charge in [-0.1, -0.05) is 18.2 Å². The molecule has 10 heteroatoms. The molecular formula is C20H17F3N4O3. The molecule has 4 rings (SSSR count). The number of benzene rings is 1. The van der Waals surface area contributed by atoms with E-state index in [0.717, 1.165) is 0 Å². The number of aliphatic hydroxyl groups is 1. The molecule has 2 aromatic heterocycles. The van der Waals surface area contributed by atoms with Crippen LogP contribution >= 0.6 is 0 Å². The zero-order chi connectivity index (χ0) is 21.3. The molecule has 3 heterocycles. The predicted molar refractivity (Wildman–Crippen MR) is 102 cm³/mol. The van der Waals surface area contributed by atoms with Crippen molar-refractivity contribution >= 4 is 17.4 Å². The van der Waals surface area contributed by atoms with E-state index in [-0.39, 0.29) is 11.6 Å². The first kappa shape index (κ1) is 19.9. The van der Waals surface area contributed by atoms with E-state index in [4.69, 9.17) is 4.42 Å². The number of hydrogen-bond acceptors (Lipinski definition) is 6. The molecule has 1 amide bonds. The molecule has 7 nitrogen and oxygen atoms in total. The van der Waals surface area contributed by atoms with Crippen LogP contribution in [0.15, 0.2) is 53.1 Å². The van der Waals surface area contributed by atoms with Crippen molar-refractivity contribution in [1.29, 1.82) is 0 Å². The van der Waals surface area contributed by atoms with E-state index in [1.807, 2.05) is 4.90 Å². The SMILES string of the molecule is O=C(Nc1ccc(N2CCC(O)C2)nc1)c1nc(-c2ccccc2)oc1C(F)(F)F. The summed E-state index contributed by atoms with van der Waals surface area (Å²) in [5.41, 5.74) is -0.324. The summed E-state index contributed by atoms with van der Waals surface area (Å²) in [6.45, 7) is 1.10. The van der Waals surface area contributed by atoms with Crippen molar-refractivity contribution in [2.45, 2.75) is 18.7 Å². The number of oxazole rings is 1. The summed E-state index contributed by atoms with van der Waals surface area (Å²) < 4.78 is 45.0. The summed E-state index contributed by atoms with van der Waals surface area (Å²) in [7, 11) is 0. The van der Waals surface area contributed by atoms with E-state index in [2.05, 4.69) is 15.3 Å². The van der Waals surface area contributed by atoms with E-state index in [0.29, 0.717) is 30.9 Å². The maximum absolute atomic E-state index is 13.4. The van der Waals surface area contributed by atoms with Crippen molar-refractivity contribution in [3.05, 3.63) is 60.1 Å². The standard InChI is InChI=1S/C20H17F3N4O3/c21-20(22,23)17-16(26-19(30-17)12-4-2-1-3-5-12)18(29)25-13-6-7-15(24-10-13)27-9-8-14(28)11-27/h1-7,10,14,28H,8-9,11H2,(H,25,29). The Balaban J connectivity index is 1.56. The monoisotopic (exact) mass is 418 g/mol. The Hall–Kier alpha value is -3.40. The lowest BCUT2D eigenvalue weighted by Crippen LogP contribution is -2.22. The van der Waals surface area contributed by atoms with Gasteiger partial charge in [0.25, 0.3) is 5.91 Å². The molecule has 1 aliphatic heterocycles. The topological polar surface area (TPSA) is 91.5 Å². The first-order valence-electron chi connectivity index (χ1n) is 9.15. The summed E-state index contributed by atoms with van der Waals surface area (Å²) in [6, 6.07) is 11.2. The lowest BCUT2D eigenvalue weighted by atomic mass is 10.2. The molecule has 1 aliphatic rings. The van der Waals surface area contributed by atoms with Gasteiger partial charge in [0.2, 0.25) is 11.7 Å². The Labute approximate surface area is 169 Å². The van der Waals surface area contributed by atoms with Crippen molar-refractivity contribution in [3.8, 4) is 11.5 Å². The van der Waals surface area contributed by atoms with Crippen molar-refractivity contribution < 1.29 is 27.5 Å². The smallest absolute Gasteiger partial charge is 0.431 e. The number of carbonyl (C=O) groups excluding carboxylic acids is 1. The van der Waals surface area contributed by atoms with Gasteiger partial charge in [0, 0.05) is 18.7 Å². The van der Waals surface area contributed by atoms with Crippen LogP contribution in [0.3, 0.4) is 0 Å². The number of alkyl halides is 3. The maximum atomic E-state index is 13.4. The Kier molecular flexibility index (Phi) is 5.17. The minimum absolute atomic E-state index is 0.209. The molecule has 156 valence electrons. The number of anilines is 2. The molecule has 3 aromatic rings. The fourth-order valence-electron chi connectivity index (χ4n) is 3.16. The van der Waals surface area contributed by atoms with Crippen LogP contribution in [0.2, 0.25) is 0 Å². The molecule has 0 aliphatic carbocycles. The summed E-state index contributed by atoms with van der Waals surface area (Å²) in [4.78, 5) is 22.4. The Morgan fingerprint density at radius 2 is 1.97 bits per heavy atom. The molecule has 1 atom stereocenters. The van der Waals surface area contributed by atoms with Crippen LogP contribution in [-0.2, 0) is 6.18 Å². The van der Waals surface area contributed by atoms with E-state index in [9.17, 15) is 23.1 Å². The second-order valence-electron chi connectivity index (χ2n) is 6.81. The Morgan fingerprint density at radius 1 is 1.20 bits per heavy atom. The minimum atomic E-state index is -4.88. The summed E-state index contributed by atoms with van der Waals surface area (Å²) in [5, 5.41) is 12.0. The second-order valence-corrected chi connectivity index (χ2v) is 6.81. The average molecular weight is 418 g/mol. The van der Waals surface area contributed by atoms with Gasteiger partial charge in [-0.05, 0) is 30.7 Å². The third-order valence-electron chi connectivity index (χ3n) is 4.61. The highest BCUT2D eigenvalue weighted by Gasteiger charge is 2.42. The highest BCUT2D eigenvalue weighted by atomic mass is 19.4. The van der Waals surface area contributed by atoms with E-state index < -0.39 is 29.6 Å². The fraction of sp³-hybridized carbons (Fsp3) is 0.250. The summed E-state index contributed by atoms with van der Waals surface area (Å²) in [6.07, 6.45) is -3.33. The number of nitrogens with zero attached hydrogens (tertiary/aromatic N) is 3. The van der Waals surface area contributed by atoms with Crippen LogP contribution in [0.5, 0.6) is 0 Å². The molecule has 1 fully saturated rings. The molecule has 1 unspecified atom stereocenters. The third kappa shape index (κ3) is 4.13. The normalized spacial score (nSPS) is 16.7. The highest BCUT2D eigenvalue weighted by molar-refractivity contribution is 6.04. The van der Waals surface area contributed by atoms with Gasteiger partial charge in [0.05, 0.1) is 18.0 Å². The number of hydrogen-bond donors (Lipinski definition) is 2. The van der Waals surface area contributed by atoms with E-state index in [1.165, 1.54) is 24.4 Å². The lowest BCUT2D eigenvalue weighted by Gasteiger charge is -2.16. The van der Waals surface area contributed by atoms with Gasteiger partial charge in [-0.15, -0.1) is 0 Å². The van der Waals surface area contributed by atoms with Gasteiger partial charge in [-0.25, -0.2) is 9.97 Å². The van der Waals surface area contributed by atoms with Gasteiger partial charge >= 0.3 is 6.18 Å². The van der Waals surface area contributed by atoms with Gasteiger partial charge < -0.3 is 19.7 Å². The molecule has 30 heavy (non-hydrogen) atoms. The molecule has 1 saturated heterocycles. The van der Waals surface area contributed by atoms with Crippen molar-refractivity contribution in [2.75, 3.05) is 23.3 Å². The quantitative estimate of drug-likeness (QED) is 0.673. The molecule has 0 bridgehead atoms. The van der Waals surface area contributed by atoms with Crippen LogP contribution in [-0.4, -0.2) is 40.2 Å². The largest absolute Gasteiger partial charge is 0.452 e. The summed E-state index contributed by atoms with van der Waals surface area (Å²) in [5.74, 6) is -2.21. The Bertz CT molecular complexity index is 1040. The lowest BCUT2D eigenvalue weighted by molar-refractivity contribution is -0.153. The first-order chi connectivity index (χ1) is 14.3. The molecule has 0 spiro atoms. The molecule has 0 saturated carbocycles. The van der Waals surface area contributed by atoms with Crippen LogP contribution < -0.4 is 10.2 Å². The predicted octanol–water partition coefficient (Wildman–Crippen LogP) is 3.58. The number of halogens is 3. The first-order valence-corrected chi connectivity index (χ1v) is 9.15.